The second-order valence-electron chi connectivity index (χ2n) is 7.71. The fourth-order valence-corrected chi connectivity index (χ4v) is 2.25. The molecule has 0 bridgehead atoms. The molecule has 0 aliphatic carbocycles. The molecule has 17 heavy (non-hydrogen) atoms. The molecule has 104 valence electrons. The molecule has 0 rings (SSSR count). The first-order valence-corrected chi connectivity index (χ1v) is 7.72. The Kier molecular flexibility index (Phi) is 8.16. The molecule has 2 atom stereocenters. The summed E-state index contributed by atoms with van der Waals surface area (Å²) in [6.45, 7) is 16.6. The number of hydrogen-bond acceptors (Lipinski definition) is 0. The van der Waals surface area contributed by atoms with Gasteiger partial charge in [0, 0.05) is 0 Å². The second kappa shape index (κ2) is 8.16. The summed E-state index contributed by atoms with van der Waals surface area (Å²) in [5.41, 5.74) is 0.520. The monoisotopic (exact) mass is 240 g/mol. The summed E-state index contributed by atoms with van der Waals surface area (Å²) in [5.74, 6) is 2.68. The first kappa shape index (κ1) is 17.0. The van der Waals surface area contributed by atoms with Gasteiger partial charge in [-0.05, 0) is 29.6 Å². The third-order valence-corrected chi connectivity index (χ3v) is 4.12. The molecule has 0 aliphatic rings. The van der Waals surface area contributed by atoms with Crippen LogP contribution in [0.25, 0.3) is 0 Å². The molecule has 0 heteroatoms. The van der Waals surface area contributed by atoms with Crippen molar-refractivity contribution in [2.75, 3.05) is 0 Å². The van der Waals surface area contributed by atoms with Crippen LogP contribution in [0.1, 0.15) is 87.0 Å². The van der Waals surface area contributed by atoms with Gasteiger partial charge >= 0.3 is 0 Å². The first-order chi connectivity index (χ1) is 7.72. The molecule has 0 aliphatic heterocycles. The lowest BCUT2D eigenvalue weighted by Crippen LogP contribution is -2.07. The molecule has 2 unspecified atom stereocenters. The van der Waals surface area contributed by atoms with Crippen LogP contribution in [0.3, 0.4) is 0 Å². The standard InChI is InChI=1S/C17H36/c1-14(2)16(4)12-8-10-15(3)11-9-13-17(5,6)7/h14-16H,8-13H2,1-7H3. The third kappa shape index (κ3) is 10.9. The molecule has 0 spiro atoms. The SMILES string of the molecule is CC(CCCC(C)C(C)C)CCCC(C)(C)C. The van der Waals surface area contributed by atoms with Gasteiger partial charge in [-0.15, -0.1) is 0 Å². The largest absolute Gasteiger partial charge is 0.0625 e. The second-order valence-corrected chi connectivity index (χ2v) is 7.71. The van der Waals surface area contributed by atoms with Gasteiger partial charge in [-0.3, -0.25) is 0 Å². The molecule has 0 heterocycles. The van der Waals surface area contributed by atoms with Gasteiger partial charge in [0.05, 0.1) is 0 Å². The summed E-state index contributed by atoms with van der Waals surface area (Å²) in [4.78, 5) is 0. The molecule has 0 radical (unpaired) electrons. The lowest BCUT2D eigenvalue weighted by Gasteiger charge is -2.20. The Balaban J connectivity index is 3.50. The van der Waals surface area contributed by atoms with Crippen LogP contribution in [0.4, 0.5) is 0 Å². The molecule has 0 saturated carbocycles. The molecular weight excluding hydrogens is 204 g/mol. The Morgan fingerprint density at radius 2 is 1.29 bits per heavy atom. The van der Waals surface area contributed by atoms with Gasteiger partial charge < -0.3 is 0 Å². The molecular formula is C17H36. The molecule has 0 amide bonds. The van der Waals surface area contributed by atoms with E-state index in [2.05, 4.69) is 48.5 Å². The summed E-state index contributed by atoms with van der Waals surface area (Å²) >= 11 is 0. The quantitative estimate of drug-likeness (QED) is 0.467. The third-order valence-electron chi connectivity index (χ3n) is 4.12. The van der Waals surface area contributed by atoms with E-state index >= 15 is 0 Å². The predicted molar refractivity (Wildman–Crippen MR) is 80.3 cm³/mol. The molecule has 0 aromatic carbocycles. The van der Waals surface area contributed by atoms with Crippen LogP contribution in [0.2, 0.25) is 0 Å². The van der Waals surface area contributed by atoms with Crippen molar-refractivity contribution >= 4 is 0 Å². The zero-order chi connectivity index (χ0) is 13.5. The Morgan fingerprint density at radius 1 is 0.765 bits per heavy atom. The van der Waals surface area contributed by atoms with Crippen molar-refractivity contribution in [3.63, 3.8) is 0 Å². The van der Waals surface area contributed by atoms with E-state index in [9.17, 15) is 0 Å². The van der Waals surface area contributed by atoms with Crippen LogP contribution in [0.5, 0.6) is 0 Å². The Morgan fingerprint density at radius 3 is 1.76 bits per heavy atom. The zero-order valence-corrected chi connectivity index (χ0v) is 13.5. The van der Waals surface area contributed by atoms with Gasteiger partial charge in [0.2, 0.25) is 0 Å². The highest BCUT2D eigenvalue weighted by Crippen LogP contribution is 2.25. The van der Waals surface area contributed by atoms with E-state index in [-0.39, 0.29) is 0 Å². The molecule has 0 aromatic rings. The highest BCUT2D eigenvalue weighted by molar-refractivity contribution is 4.64. The summed E-state index contributed by atoms with van der Waals surface area (Å²) in [6, 6.07) is 0. The normalized spacial score (nSPS) is 16.2. The smallest absolute Gasteiger partial charge is 0.0383 e. The molecule has 0 N–H and O–H groups in total. The fraction of sp³-hybridized carbons (Fsp3) is 1.00. The fourth-order valence-electron chi connectivity index (χ4n) is 2.25. The molecule has 0 aromatic heterocycles. The lowest BCUT2D eigenvalue weighted by molar-refractivity contribution is 0.324. The van der Waals surface area contributed by atoms with Crippen molar-refractivity contribution in [1.29, 1.82) is 0 Å². The summed E-state index contributed by atoms with van der Waals surface area (Å²) in [7, 11) is 0. The van der Waals surface area contributed by atoms with Crippen molar-refractivity contribution in [2.24, 2.45) is 23.2 Å². The van der Waals surface area contributed by atoms with Crippen LogP contribution in [-0.4, -0.2) is 0 Å². The summed E-state index contributed by atoms with van der Waals surface area (Å²) in [6.07, 6.45) is 8.48. The van der Waals surface area contributed by atoms with Crippen molar-refractivity contribution in [3.8, 4) is 0 Å². The Bertz CT molecular complexity index is 173. The number of rotatable bonds is 8. The van der Waals surface area contributed by atoms with Crippen LogP contribution in [-0.2, 0) is 0 Å². The van der Waals surface area contributed by atoms with Gasteiger partial charge in [-0.1, -0.05) is 80.6 Å². The van der Waals surface area contributed by atoms with E-state index in [1.807, 2.05) is 0 Å². The van der Waals surface area contributed by atoms with E-state index in [0.717, 1.165) is 17.8 Å². The Hall–Kier alpha value is 0. The van der Waals surface area contributed by atoms with Gasteiger partial charge in [-0.2, -0.15) is 0 Å². The van der Waals surface area contributed by atoms with Crippen molar-refractivity contribution < 1.29 is 0 Å². The zero-order valence-electron chi connectivity index (χ0n) is 13.5. The lowest BCUT2D eigenvalue weighted by atomic mass is 9.86. The van der Waals surface area contributed by atoms with E-state index in [4.69, 9.17) is 0 Å². The van der Waals surface area contributed by atoms with Gasteiger partial charge in [0.1, 0.15) is 0 Å². The van der Waals surface area contributed by atoms with E-state index in [0.29, 0.717) is 5.41 Å². The average molecular weight is 240 g/mol. The molecule has 0 saturated heterocycles. The molecule has 0 nitrogen and oxygen atoms in total. The van der Waals surface area contributed by atoms with Crippen LogP contribution < -0.4 is 0 Å². The summed E-state index contributed by atoms with van der Waals surface area (Å²) in [5, 5.41) is 0. The van der Waals surface area contributed by atoms with Crippen molar-refractivity contribution in [2.45, 2.75) is 87.0 Å². The maximum atomic E-state index is 2.43. The molecule has 0 fully saturated rings. The van der Waals surface area contributed by atoms with Crippen LogP contribution >= 0.6 is 0 Å². The minimum atomic E-state index is 0.520. The van der Waals surface area contributed by atoms with E-state index in [1.165, 1.54) is 38.5 Å². The van der Waals surface area contributed by atoms with Gasteiger partial charge in [0.15, 0.2) is 0 Å². The van der Waals surface area contributed by atoms with Crippen LogP contribution in [0.15, 0.2) is 0 Å². The van der Waals surface area contributed by atoms with Gasteiger partial charge in [0.25, 0.3) is 0 Å². The highest BCUT2D eigenvalue weighted by Gasteiger charge is 2.11. The van der Waals surface area contributed by atoms with Crippen molar-refractivity contribution in [1.82, 2.24) is 0 Å². The van der Waals surface area contributed by atoms with E-state index < -0.39 is 0 Å². The maximum Gasteiger partial charge on any atom is -0.0383 e. The first-order valence-electron chi connectivity index (χ1n) is 7.72. The maximum absolute atomic E-state index is 2.43. The minimum Gasteiger partial charge on any atom is -0.0625 e. The van der Waals surface area contributed by atoms with Gasteiger partial charge in [-0.25, -0.2) is 0 Å². The van der Waals surface area contributed by atoms with Crippen LogP contribution in [0, 0.1) is 23.2 Å². The van der Waals surface area contributed by atoms with Crippen molar-refractivity contribution in [3.05, 3.63) is 0 Å². The highest BCUT2D eigenvalue weighted by atomic mass is 14.2. The minimum absolute atomic E-state index is 0.520. The van der Waals surface area contributed by atoms with E-state index in [1.54, 1.807) is 0 Å². The topological polar surface area (TPSA) is 0 Å². The number of hydrogen-bond donors (Lipinski definition) is 0. The Labute approximate surface area is 111 Å². The predicted octanol–water partition coefficient (Wildman–Crippen LogP) is 6.30. The average Bonchev–Trinajstić information content (AvgIpc) is 2.15. The summed E-state index contributed by atoms with van der Waals surface area (Å²) < 4.78 is 0.